The molecule has 3 heteroatoms. The number of hydrogen-bond acceptors (Lipinski definition) is 2. The Balaban J connectivity index is 1.73. The molecule has 1 N–H and O–H groups in total. The predicted molar refractivity (Wildman–Crippen MR) is 66.4 cm³/mol. The normalized spacial score (nSPS) is 33.2. The molecule has 3 rings (SSSR count). The van der Waals surface area contributed by atoms with Crippen molar-refractivity contribution in [1.29, 1.82) is 0 Å². The third-order valence-electron chi connectivity index (χ3n) is 4.56. The van der Waals surface area contributed by atoms with Gasteiger partial charge < -0.3 is 9.67 Å². The average molecular weight is 234 g/mol. The van der Waals surface area contributed by atoms with Crippen LogP contribution in [-0.2, 0) is 6.54 Å². The van der Waals surface area contributed by atoms with Gasteiger partial charge in [-0.1, -0.05) is 19.8 Å². The van der Waals surface area contributed by atoms with Crippen LogP contribution < -0.4 is 0 Å². The lowest BCUT2D eigenvalue weighted by Crippen LogP contribution is -2.11. The maximum atomic E-state index is 10.5. The van der Waals surface area contributed by atoms with Crippen LogP contribution in [0.5, 0.6) is 0 Å². The summed E-state index contributed by atoms with van der Waals surface area (Å²) in [5, 5.41) is 10.5. The molecule has 1 aromatic rings. The Hall–Kier alpha value is -0.830. The number of fused-ring (bicyclic) bond motifs is 1. The number of aromatic nitrogens is 2. The summed E-state index contributed by atoms with van der Waals surface area (Å²) in [5.41, 5.74) is 0. The molecular formula is C14H22N2O. The molecule has 2 aliphatic rings. The van der Waals surface area contributed by atoms with Gasteiger partial charge in [-0.05, 0) is 37.0 Å². The average Bonchev–Trinajstić information content (AvgIpc) is 2.90. The Morgan fingerprint density at radius 1 is 1.41 bits per heavy atom. The highest BCUT2D eigenvalue weighted by Gasteiger charge is 2.55. The molecule has 17 heavy (non-hydrogen) atoms. The molecule has 0 radical (unpaired) electrons. The quantitative estimate of drug-likeness (QED) is 0.870. The maximum absolute atomic E-state index is 10.5. The van der Waals surface area contributed by atoms with Gasteiger partial charge in [0.25, 0.3) is 0 Å². The zero-order chi connectivity index (χ0) is 11.8. The van der Waals surface area contributed by atoms with E-state index in [9.17, 15) is 5.11 Å². The van der Waals surface area contributed by atoms with E-state index in [1.165, 1.54) is 25.7 Å². The molecule has 0 aromatic carbocycles. The number of nitrogens with zero attached hydrogens (tertiary/aromatic N) is 2. The van der Waals surface area contributed by atoms with Crippen molar-refractivity contribution >= 4 is 0 Å². The molecule has 2 saturated carbocycles. The van der Waals surface area contributed by atoms with Crippen molar-refractivity contribution in [2.24, 2.45) is 17.8 Å². The molecule has 0 amide bonds. The van der Waals surface area contributed by atoms with Crippen molar-refractivity contribution in [3.8, 4) is 0 Å². The van der Waals surface area contributed by atoms with Gasteiger partial charge in [0.2, 0.25) is 0 Å². The number of rotatable bonds is 4. The van der Waals surface area contributed by atoms with Crippen molar-refractivity contribution in [2.75, 3.05) is 0 Å². The zero-order valence-corrected chi connectivity index (χ0v) is 10.5. The highest BCUT2D eigenvalue weighted by Crippen LogP contribution is 2.60. The summed E-state index contributed by atoms with van der Waals surface area (Å²) < 4.78 is 2.12. The van der Waals surface area contributed by atoms with E-state index in [1.54, 1.807) is 0 Å². The monoisotopic (exact) mass is 234 g/mol. The van der Waals surface area contributed by atoms with Crippen molar-refractivity contribution in [1.82, 2.24) is 9.55 Å². The first kappa shape index (κ1) is 11.3. The van der Waals surface area contributed by atoms with Gasteiger partial charge in [0.1, 0.15) is 11.9 Å². The highest BCUT2D eigenvalue weighted by atomic mass is 16.3. The topological polar surface area (TPSA) is 38.0 Å². The first-order chi connectivity index (χ1) is 8.33. The fourth-order valence-corrected chi connectivity index (χ4v) is 3.71. The highest BCUT2D eigenvalue weighted by molar-refractivity contribution is 5.09. The smallest absolute Gasteiger partial charge is 0.137 e. The SMILES string of the molecule is CCCn1ccnc1C(O)C1C2CCCCC21. The van der Waals surface area contributed by atoms with E-state index in [4.69, 9.17) is 0 Å². The summed E-state index contributed by atoms with van der Waals surface area (Å²) in [6, 6.07) is 0. The largest absolute Gasteiger partial charge is 0.385 e. The minimum atomic E-state index is -0.329. The van der Waals surface area contributed by atoms with E-state index in [2.05, 4.69) is 16.5 Å². The van der Waals surface area contributed by atoms with E-state index in [0.717, 1.165) is 30.6 Å². The van der Waals surface area contributed by atoms with Gasteiger partial charge in [-0.15, -0.1) is 0 Å². The Morgan fingerprint density at radius 2 is 2.12 bits per heavy atom. The van der Waals surface area contributed by atoms with Crippen molar-refractivity contribution in [2.45, 2.75) is 51.7 Å². The summed E-state index contributed by atoms with van der Waals surface area (Å²) in [5.74, 6) is 2.96. The van der Waals surface area contributed by atoms with E-state index in [0.29, 0.717) is 5.92 Å². The molecule has 1 aromatic heterocycles. The van der Waals surface area contributed by atoms with Gasteiger partial charge in [0.15, 0.2) is 0 Å². The second-order valence-electron chi connectivity index (χ2n) is 5.61. The molecular weight excluding hydrogens is 212 g/mol. The summed E-state index contributed by atoms with van der Waals surface area (Å²) in [4.78, 5) is 4.37. The fourth-order valence-electron chi connectivity index (χ4n) is 3.71. The fraction of sp³-hybridized carbons (Fsp3) is 0.786. The summed E-state index contributed by atoms with van der Waals surface area (Å²) >= 11 is 0. The van der Waals surface area contributed by atoms with Gasteiger partial charge in [-0.2, -0.15) is 0 Å². The molecule has 3 nitrogen and oxygen atoms in total. The number of aliphatic hydroxyl groups excluding tert-OH is 1. The second-order valence-corrected chi connectivity index (χ2v) is 5.61. The van der Waals surface area contributed by atoms with Gasteiger partial charge in [0.05, 0.1) is 0 Å². The lowest BCUT2D eigenvalue weighted by Gasteiger charge is -2.12. The molecule has 0 spiro atoms. The summed E-state index contributed by atoms with van der Waals surface area (Å²) in [7, 11) is 0. The van der Waals surface area contributed by atoms with Crippen LogP contribution in [-0.4, -0.2) is 14.7 Å². The first-order valence-electron chi connectivity index (χ1n) is 7.02. The van der Waals surface area contributed by atoms with Gasteiger partial charge >= 0.3 is 0 Å². The van der Waals surface area contributed by atoms with Crippen LogP contribution >= 0.6 is 0 Å². The van der Waals surface area contributed by atoms with Gasteiger partial charge in [-0.3, -0.25) is 0 Å². The molecule has 2 aliphatic carbocycles. The molecule has 0 bridgehead atoms. The maximum Gasteiger partial charge on any atom is 0.137 e. The van der Waals surface area contributed by atoms with Crippen LogP contribution in [0.4, 0.5) is 0 Å². The minimum Gasteiger partial charge on any atom is -0.385 e. The lowest BCUT2D eigenvalue weighted by molar-refractivity contribution is 0.128. The van der Waals surface area contributed by atoms with E-state index in [1.807, 2.05) is 12.4 Å². The third-order valence-corrected chi connectivity index (χ3v) is 4.56. The Kier molecular flexibility index (Phi) is 2.95. The summed E-state index contributed by atoms with van der Waals surface area (Å²) in [6.45, 7) is 3.13. The van der Waals surface area contributed by atoms with Crippen LogP contribution in [0.3, 0.4) is 0 Å². The standard InChI is InChI=1S/C14H22N2O/c1-2-8-16-9-7-15-14(16)13(17)12-10-5-3-4-6-11(10)12/h7,9-13,17H,2-6,8H2,1H3. The lowest BCUT2D eigenvalue weighted by atomic mass is 10.0. The number of aryl methyl sites for hydroxylation is 1. The molecule has 1 heterocycles. The van der Waals surface area contributed by atoms with Gasteiger partial charge in [0, 0.05) is 18.9 Å². The second kappa shape index (κ2) is 4.45. The first-order valence-corrected chi connectivity index (χ1v) is 7.02. The van der Waals surface area contributed by atoms with E-state index >= 15 is 0 Å². The van der Waals surface area contributed by atoms with Crippen LogP contribution in [0.1, 0.15) is 51.0 Å². The molecule has 0 aliphatic heterocycles. The summed E-state index contributed by atoms with van der Waals surface area (Å²) in [6.07, 6.45) is 9.93. The van der Waals surface area contributed by atoms with Crippen LogP contribution in [0, 0.1) is 17.8 Å². The van der Waals surface area contributed by atoms with Gasteiger partial charge in [-0.25, -0.2) is 4.98 Å². The Morgan fingerprint density at radius 3 is 2.76 bits per heavy atom. The van der Waals surface area contributed by atoms with Crippen molar-refractivity contribution in [3.05, 3.63) is 18.2 Å². The number of aliphatic hydroxyl groups is 1. The Bertz CT molecular complexity index is 375. The van der Waals surface area contributed by atoms with Crippen LogP contribution in [0.25, 0.3) is 0 Å². The minimum absolute atomic E-state index is 0.329. The molecule has 3 atom stereocenters. The van der Waals surface area contributed by atoms with Crippen molar-refractivity contribution in [3.63, 3.8) is 0 Å². The van der Waals surface area contributed by atoms with E-state index in [-0.39, 0.29) is 6.10 Å². The number of imidazole rings is 1. The number of hydrogen-bond donors (Lipinski definition) is 1. The van der Waals surface area contributed by atoms with Crippen molar-refractivity contribution < 1.29 is 5.11 Å². The van der Waals surface area contributed by atoms with Crippen LogP contribution in [0.15, 0.2) is 12.4 Å². The Labute approximate surface area is 103 Å². The predicted octanol–water partition coefficient (Wildman–Crippen LogP) is 2.76. The van der Waals surface area contributed by atoms with Crippen LogP contribution in [0.2, 0.25) is 0 Å². The molecule has 94 valence electrons. The molecule has 0 saturated heterocycles. The third kappa shape index (κ3) is 1.90. The molecule has 2 fully saturated rings. The van der Waals surface area contributed by atoms with E-state index < -0.39 is 0 Å². The molecule has 3 unspecified atom stereocenters. The zero-order valence-electron chi connectivity index (χ0n) is 10.5.